The van der Waals surface area contributed by atoms with E-state index >= 15 is 0 Å². The summed E-state index contributed by atoms with van der Waals surface area (Å²) in [7, 11) is 0. The summed E-state index contributed by atoms with van der Waals surface area (Å²) in [6, 6.07) is 17.5. The van der Waals surface area contributed by atoms with E-state index in [1.165, 1.54) is 0 Å². The third-order valence-electron chi connectivity index (χ3n) is 3.41. The molecule has 100 valence electrons. The topological polar surface area (TPSA) is 22.0 Å². The van der Waals surface area contributed by atoms with Crippen LogP contribution in [0, 0.1) is 0 Å². The molecule has 0 aliphatic heterocycles. The molecule has 3 heteroatoms. The Hall–Kier alpha value is -2.06. The molecule has 0 fully saturated rings. The van der Waals surface area contributed by atoms with Gasteiger partial charge in [0.25, 0.3) is 0 Å². The average molecular weight is 284 g/mol. The largest absolute Gasteiger partial charge is 0.278 e. The molecule has 20 heavy (non-hydrogen) atoms. The van der Waals surface area contributed by atoms with E-state index in [1.54, 1.807) is 4.57 Å². The minimum Gasteiger partial charge on any atom is -0.278 e. The lowest BCUT2D eigenvalue weighted by Crippen LogP contribution is -2.10. The molecule has 0 radical (unpaired) electrons. The Morgan fingerprint density at radius 2 is 1.70 bits per heavy atom. The van der Waals surface area contributed by atoms with Gasteiger partial charge in [-0.15, -0.1) is 0 Å². The van der Waals surface area contributed by atoms with Gasteiger partial charge in [-0.2, -0.15) is 0 Å². The van der Waals surface area contributed by atoms with Crippen molar-refractivity contribution in [3.63, 3.8) is 0 Å². The second-order valence-electron chi connectivity index (χ2n) is 4.63. The van der Waals surface area contributed by atoms with E-state index in [0.717, 1.165) is 22.2 Å². The minimum atomic E-state index is 0.0481. The van der Waals surface area contributed by atoms with Crippen molar-refractivity contribution in [2.75, 3.05) is 0 Å². The summed E-state index contributed by atoms with van der Waals surface area (Å²) in [5.41, 5.74) is 2.60. The third kappa shape index (κ3) is 1.93. The Morgan fingerprint density at radius 1 is 1.05 bits per heavy atom. The predicted octanol–water partition coefficient (Wildman–Crippen LogP) is 5.01. The number of rotatable bonds is 2. The van der Waals surface area contributed by atoms with Crippen molar-refractivity contribution in [2.45, 2.75) is 13.3 Å². The highest BCUT2D eigenvalue weighted by Gasteiger charge is 2.20. The number of para-hydroxylation sites is 1. The number of carbonyl (C=O) groups is 1. The van der Waals surface area contributed by atoms with E-state index in [9.17, 15) is 4.79 Å². The van der Waals surface area contributed by atoms with E-state index in [2.05, 4.69) is 0 Å². The number of aromatic nitrogens is 1. The molecule has 0 aliphatic carbocycles. The van der Waals surface area contributed by atoms with Crippen molar-refractivity contribution in [3.05, 3.63) is 59.6 Å². The quantitative estimate of drug-likeness (QED) is 0.648. The molecular weight excluding hydrogens is 270 g/mol. The van der Waals surface area contributed by atoms with Gasteiger partial charge in [-0.05, 0) is 6.07 Å². The van der Waals surface area contributed by atoms with Crippen molar-refractivity contribution >= 4 is 28.4 Å². The molecule has 0 atom stereocenters. The molecule has 1 aromatic heterocycles. The summed E-state index contributed by atoms with van der Waals surface area (Å²) < 4.78 is 1.73. The van der Waals surface area contributed by atoms with Gasteiger partial charge in [-0.1, -0.05) is 67.1 Å². The fourth-order valence-electron chi connectivity index (χ4n) is 2.47. The first kappa shape index (κ1) is 12.9. The van der Waals surface area contributed by atoms with Crippen molar-refractivity contribution in [3.8, 4) is 11.3 Å². The molecule has 3 aromatic rings. The molecule has 2 aromatic carbocycles. The fraction of sp³-hybridized carbons (Fsp3) is 0.118. The highest BCUT2D eigenvalue weighted by molar-refractivity contribution is 6.39. The van der Waals surface area contributed by atoms with Gasteiger partial charge in [0.2, 0.25) is 5.91 Å². The SMILES string of the molecule is CCC(=O)n1c(-c2ccccc2)c(Cl)c2ccccc21. The van der Waals surface area contributed by atoms with Crippen molar-refractivity contribution in [1.82, 2.24) is 4.57 Å². The second-order valence-corrected chi connectivity index (χ2v) is 5.01. The lowest BCUT2D eigenvalue weighted by molar-refractivity contribution is 0.0916. The average Bonchev–Trinajstić information content (AvgIpc) is 2.81. The maximum Gasteiger partial charge on any atom is 0.231 e. The number of nitrogens with zero attached hydrogens (tertiary/aromatic N) is 1. The predicted molar refractivity (Wildman–Crippen MR) is 83.3 cm³/mol. The van der Waals surface area contributed by atoms with Gasteiger partial charge in [-0.3, -0.25) is 9.36 Å². The first-order chi connectivity index (χ1) is 9.74. The molecular formula is C17H14ClNO. The molecule has 1 heterocycles. The molecule has 3 rings (SSSR count). The minimum absolute atomic E-state index is 0.0481. The number of hydrogen-bond acceptors (Lipinski definition) is 1. The summed E-state index contributed by atoms with van der Waals surface area (Å²) in [6.07, 6.45) is 0.439. The lowest BCUT2D eigenvalue weighted by atomic mass is 10.1. The van der Waals surface area contributed by atoms with E-state index in [4.69, 9.17) is 11.6 Å². The van der Waals surface area contributed by atoms with Crippen LogP contribution in [0.4, 0.5) is 0 Å². The van der Waals surface area contributed by atoms with Crippen LogP contribution in [-0.2, 0) is 0 Å². The molecule has 0 saturated heterocycles. The summed E-state index contributed by atoms with van der Waals surface area (Å²) in [5, 5.41) is 1.54. The van der Waals surface area contributed by atoms with E-state index < -0.39 is 0 Å². The maximum atomic E-state index is 12.3. The van der Waals surface area contributed by atoms with Crippen LogP contribution in [0.3, 0.4) is 0 Å². The zero-order chi connectivity index (χ0) is 14.1. The van der Waals surface area contributed by atoms with Crippen molar-refractivity contribution in [2.24, 2.45) is 0 Å². The van der Waals surface area contributed by atoms with Crippen LogP contribution in [0.1, 0.15) is 18.1 Å². The molecule has 0 saturated carbocycles. The van der Waals surface area contributed by atoms with Gasteiger partial charge >= 0.3 is 0 Å². The first-order valence-corrected chi connectivity index (χ1v) is 6.99. The number of hydrogen-bond donors (Lipinski definition) is 0. The van der Waals surface area contributed by atoms with Gasteiger partial charge in [0.15, 0.2) is 0 Å². The van der Waals surface area contributed by atoms with E-state index in [-0.39, 0.29) is 5.91 Å². The van der Waals surface area contributed by atoms with Gasteiger partial charge in [0.1, 0.15) is 0 Å². The Labute approximate surface area is 122 Å². The normalized spacial score (nSPS) is 10.9. The van der Waals surface area contributed by atoms with Crippen molar-refractivity contribution in [1.29, 1.82) is 0 Å². The summed E-state index contributed by atoms with van der Waals surface area (Å²) in [4.78, 5) is 12.3. The van der Waals surface area contributed by atoms with Crippen LogP contribution < -0.4 is 0 Å². The van der Waals surface area contributed by atoms with Gasteiger partial charge in [0.05, 0.1) is 16.2 Å². The highest BCUT2D eigenvalue weighted by atomic mass is 35.5. The van der Waals surface area contributed by atoms with Crippen LogP contribution in [0.5, 0.6) is 0 Å². The van der Waals surface area contributed by atoms with E-state index in [1.807, 2.05) is 61.5 Å². The standard InChI is InChI=1S/C17H14ClNO/c1-2-15(20)19-14-11-7-6-10-13(14)16(18)17(19)12-8-4-3-5-9-12/h3-11H,2H2,1H3. The molecule has 0 N–H and O–H groups in total. The maximum absolute atomic E-state index is 12.3. The Balaban J connectivity index is 2.41. The molecule has 0 bridgehead atoms. The summed E-state index contributed by atoms with van der Waals surface area (Å²) in [6.45, 7) is 1.86. The van der Waals surface area contributed by atoms with Crippen LogP contribution in [0.2, 0.25) is 5.02 Å². The Kier molecular flexibility index (Phi) is 3.33. The Bertz CT molecular complexity index is 774. The first-order valence-electron chi connectivity index (χ1n) is 6.61. The van der Waals surface area contributed by atoms with Crippen molar-refractivity contribution < 1.29 is 4.79 Å². The van der Waals surface area contributed by atoms with Crippen LogP contribution in [0.25, 0.3) is 22.2 Å². The molecule has 0 spiro atoms. The zero-order valence-corrected chi connectivity index (χ0v) is 11.9. The fourth-order valence-corrected chi connectivity index (χ4v) is 2.82. The van der Waals surface area contributed by atoms with Crippen LogP contribution in [-0.4, -0.2) is 10.5 Å². The van der Waals surface area contributed by atoms with Crippen LogP contribution >= 0.6 is 11.6 Å². The second kappa shape index (κ2) is 5.14. The third-order valence-corrected chi connectivity index (χ3v) is 3.79. The molecule has 2 nitrogen and oxygen atoms in total. The molecule has 0 unspecified atom stereocenters. The number of carbonyl (C=O) groups excluding carboxylic acids is 1. The van der Waals surface area contributed by atoms with Gasteiger partial charge in [-0.25, -0.2) is 0 Å². The van der Waals surface area contributed by atoms with Gasteiger partial charge in [0, 0.05) is 17.4 Å². The number of fused-ring (bicyclic) bond motifs is 1. The number of halogens is 1. The summed E-state index contributed by atoms with van der Waals surface area (Å²) in [5.74, 6) is 0.0481. The molecule has 0 amide bonds. The number of benzene rings is 2. The highest BCUT2D eigenvalue weighted by Crippen LogP contribution is 2.37. The van der Waals surface area contributed by atoms with E-state index in [0.29, 0.717) is 11.4 Å². The van der Waals surface area contributed by atoms with Crippen LogP contribution in [0.15, 0.2) is 54.6 Å². The molecule has 0 aliphatic rings. The Morgan fingerprint density at radius 3 is 2.40 bits per heavy atom. The lowest BCUT2D eigenvalue weighted by Gasteiger charge is -2.08. The van der Waals surface area contributed by atoms with Gasteiger partial charge < -0.3 is 0 Å². The zero-order valence-electron chi connectivity index (χ0n) is 11.1. The monoisotopic (exact) mass is 283 g/mol. The smallest absolute Gasteiger partial charge is 0.231 e. The summed E-state index contributed by atoms with van der Waals surface area (Å²) >= 11 is 6.52.